The molecule has 1 heterocycles. The number of carbonyl (C=O) groups is 1. The van der Waals surface area contributed by atoms with E-state index in [9.17, 15) is 4.79 Å². The molecule has 2 rings (SSSR count). The van der Waals surface area contributed by atoms with Crippen LogP contribution in [0.4, 0.5) is 5.69 Å². The first kappa shape index (κ1) is 15.0. The lowest BCUT2D eigenvalue weighted by Gasteiger charge is -2.15. The van der Waals surface area contributed by atoms with E-state index in [1.54, 1.807) is 0 Å². The van der Waals surface area contributed by atoms with Crippen LogP contribution in [0.15, 0.2) is 24.3 Å². The van der Waals surface area contributed by atoms with E-state index in [4.69, 9.17) is 5.73 Å². The summed E-state index contributed by atoms with van der Waals surface area (Å²) >= 11 is 0. The van der Waals surface area contributed by atoms with Gasteiger partial charge in [-0.25, -0.2) is 0 Å². The maximum atomic E-state index is 12.0. The molecule has 1 aliphatic heterocycles. The predicted octanol–water partition coefficient (Wildman–Crippen LogP) is 1.86. The molecule has 1 fully saturated rings. The second-order valence-corrected chi connectivity index (χ2v) is 5.83. The van der Waals surface area contributed by atoms with Gasteiger partial charge in [-0.2, -0.15) is 0 Å². The van der Waals surface area contributed by atoms with E-state index < -0.39 is 0 Å². The van der Waals surface area contributed by atoms with Crippen LogP contribution in [0, 0.1) is 5.92 Å². The van der Waals surface area contributed by atoms with E-state index in [1.165, 1.54) is 5.56 Å². The van der Waals surface area contributed by atoms with Gasteiger partial charge in [-0.15, -0.1) is 0 Å². The summed E-state index contributed by atoms with van der Waals surface area (Å²) in [6.07, 6.45) is 2.22. The zero-order valence-electron chi connectivity index (χ0n) is 12.4. The number of hydrogen-bond donors (Lipinski definition) is 2. The van der Waals surface area contributed by atoms with Crippen molar-refractivity contribution in [2.45, 2.75) is 32.7 Å². The number of aryl methyl sites for hydroxylation is 1. The predicted molar refractivity (Wildman–Crippen MR) is 82.6 cm³/mol. The van der Waals surface area contributed by atoms with E-state index in [2.05, 4.69) is 36.2 Å². The van der Waals surface area contributed by atoms with Crippen LogP contribution in [0.25, 0.3) is 0 Å². The van der Waals surface area contributed by atoms with E-state index in [0.29, 0.717) is 12.5 Å². The lowest BCUT2D eigenvalue weighted by atomic mass is 10.1. The summed E-state index contributed by atoms with van der Waals surface area (Å²) in [7, 11) is 0. The Morgan fingerprint density at radius 3 is 2.60 bits per heavy atom. The van der Waals surface area contributed by atoms with Crippen molar-refractivity contribution in [1.29, 1.82) is 0 Å². The number of nitrogens with zero attached hydrogens (tertiary/aromatic N) is 1. The van der Waals surface area contributed by atoms with Crippen molar-refractivity contribution >= 4 is 11.6 Å². The first-order chi connectivity index (χ1) is 9.58. The highest BCUT2D eigenvalue weighted by molar-refractivity contribution is 5.92. The van der Waals surface area contributed by atoms with Crippen molar-refractivity contribution in [3.8, 4) is 0 Å². The van der Waals surface area contributed by atoms with Crippen LogP contribution < -0.4 is 11.1 Å². The van der Waals surface area contributed by atoms with Gasteiger partial charge in [-0.05, 0) is 30.0 Å². The topological polar surface area (TPSA) is 58.4 Å². The van der Waals surface area contributed by atoms with Gasteiger partial charge < -0.3 is 11.1 Å². The second kappa shape index (κ2) is 6.86. The highest BCUT2D eigenvalue weighted by Gasteiger charge is 2.27. The molecule has 0 radical (unpaired) electrons. The average Bonchev–Trinajstić information content (AvgIpc) is 2.71. The monoisotopic (exact) mass is 275 g/mol. The normalized spacial score (nSPS) is 22.9. The molecule has 2 unspecified atom stereocenters. The molecule has 110 valence electrons. The van der Waals surface area contributed by atoms with Crippen molar-refractivity contribution in [3.05, 3.63) is 29.8 Å². The summed E-state index contributed by atoms with van der Waals surface area (Å²) in [4.78, 5) is 14.1. The lowest BCUT2D eigenvalue weighted by Crippen LogP contribution is -2.33. The van der Waals surface area contributed by atoms with Crippen LogP contribution in [0.5, 0.6) is 0 Å². The van der Waals surface area contributed by atoms with Gasteiger partial charge in [0.1, 0.15) is 0 Å². The Hall–Kier alpha value is -1.39. The van der Waals surface area contributed by atoms with Gasteiger partial charge in [0.05, 0.1) is 6.54 Å². The molecule has 4 heteroatoms. The van der Waals surface area contributed by atoms with Crippen molar-refractivity contribution in [3.63, 3.8) is 0 Å². The van der Waals surface area contributed by atoms with Crippen LogP contribution in [-0.4, -0.2) is 36.5 Å². The van der Waals surface area contributed by atoms with Crippen molar-refractivity contribution in [1.82, 2.24) is 4.90 Å². The second-order valence-electron chi connectivity index (χ2n) is 5.83. The van der Waals surface area contributed by atoms with Gasteiger partial charge in [0.2, 0.25) is 5.91 Å². The molecule has 20 heavy (non-hydrogen) atoms. The Kier molecular flexibility index (Phi) is 5.15. The summed E-state index contributed by atoms with van der Waals surface area (Å²) in [5, 5.41) is 2.95. The zero-order valence-corrected chi connectivity index (χ0v) is 12.4. The Labute approximate surface area is 121 Å². The first-order valence-corrected chi connectivity index (χ1v) is 7.45. The molecular formula is C16H25N3O. The molecular weight excluding hydrogens is 250 g/mol. The molecule has 4 nitrogen and oxygen atoms in total. The molecule has 3 N–H and O–H groups in total. The first-order valence-electron chi connectivity index (χ1n) is 7.45. The third kappa shape index (κ3) is 4.05. The van der Waals surface area contributed by atoms with Gasteiger partial charge in [0, 0.05) is 24.8 Å². The van der Waals surface area contributed by atoms with E-state index in [0.717, 1.165) is 31.6 Å². The van der Waals surface area contributed by atoms with Gasteiger partial charge in [0.15, 0.2) is 0 Å². The standard InChI is InChI=1S/C16H25N3O/c1-3-4-13-5-7-14(8-6-13)18-16(20)11-19-9-12(2)15(17)10-19/h5-8,12,15H,3-4,9-11,17H2,1-2H3,(H,18,20). The molecule has 0 bridgehead atoms. The van der Waals surface area contributed by atoms with Crippen molar-refractivity contribution < 1.29 is 4.79 Å². The SMILES string of the molecule is CCCc1ccc(NC(=O)CN2CC(C)C(N)C2)cc1. The third-order valence-corrected chi connectivity index (χ3v) is 3.89. The van der Waals surface area contributed by atoms with Crippen LogP contribution in [-0.2, 0) is 11.2 Å². The van der Waals surface area contributed by atoms with E-state index in [-0.39, 0.29) is 11.9 Å². The van der Waals surface area contributed by atoms with Gasteiger partial charge >= 0.3 is 0 Å². The Morgan fingerprint density at radius 1 is 1.35 bits per heavy atom. The van der Waals surface area contributed by atoms with Gasteiger partial charge in [-0.1, -0.05) is 32.4 Å². The highest BCUT2D eigenvalue weighted by Crippen LogP contribution is 2.15. The third-order valence-electron chi connectivity index (χ3n) is 3.89. The van der Waals surface area contributed by atoms with Crippen LogP contribution >= 0.6 is 0 Å². The molecule has 0 aliphatic carbocycles. The quantitative estimate of drug-likeness (QED) is 0.862. The number of hydrogen-bond acceptors (Lipinski definition) is 3. The van der Waals surface area contributed by atoms with Crippen LogP contribution in [0.2, 0.25) is 0 Å². The molecule has 0 spiro atoms. The number of carbonyl (C=O) groups excluding carboxylic acids is 1. The largest absolute Gasteiger partial charge is 0.326 e. The van der Waals surface area contributed by atoms with Gasteiger partial charge in [-0.3, -0.25) is 9.69 Å². The van der Waals surface area contributed by atoms with Crippen LogP contribution in [0.3, 0.4) is 0 Å². The molecule has 1 saturated heterocycles. The summed E-state index contributed by atoms with van der Waals surface area (Å²) in [5.41, 5.74) is 8.15. The smallest absolute Gasteiger partial charge is 0.238 e. The Morgan fingerprint density at radius 2 is 2.05 bits per heavy atom. The molecule has 0 aromatic heterocycles. The zero-order chi connectivity index (χ0) is 14.5. The number of nitrogens with two attached hydrogens (primary N) is 1. The summed E-state index contributed by atoms with van der Waals surface area (Å²) in [5.74, 6) is 0.505. The maximum Gasteiger partial charge on any atom is 0.238 e. The number of likely N-dealkylation sites (tertiary alicyclic amines) is 1. The lowest BCUT2D eigenvalue weighted by molar-refractivity contribution is -0.117. The van der Waals surface area contributed by atoms with Gasteiger partial charge in [0.25, 0.3) is 0 Å². The maximum absolute atomic E-state index is 12.0. The van der Waals surface area contributed by atoms with Crippen molar-refractivity contribution in [2.24, 2.45) is 11.7 Å². The van der Waals surface area contributed by atoms with Crippen LogP contribution in [0.1, 0.15) is 25.8 Å². The number of rotatable bonds is 5. The van der Waals surface area contributed by atoms with E-state index in [1.807, 2.05) is 12.1 Å². The summed E-state index contributed by atoms with van der Waals surface area (Å²) in [6, 6.07) is 8.29. The van der Waals surface area contributed by atoms with Crippen molar-refractivity contribution in [2.75, 3.05) is 25.0 Å². The summed E-state index contributed by atoms with van der Waals surface area (Å²) < 4.78 is 0. The summed E-state index contributed by atoms with van der Waals surface area (Å²) in [6.45, 7) is 6.44. The minimum atomic E-state index is 0.0366. The average molecular weight is 275 g/mol. The van der Waals surface area contributed by atoms with E-state index >= 15 is 0 Å². The number of anilines is 1. The Bertz CT molecular complexity index is 434. The highest BCUT2D eigenvalue weighted by atomic mass is 16.2. The minimum absolute atomic E-state index is 0.0366. The fourth-order valence-electron chi connectivity index (χ4n) is 2.67. The molecule has 2 atom stereocenters. The molecule has 1 aromatic carbocycles. The molecule has 1 amide bonds. The Balaban J connectivity index is 1.82. The molecule has 1 aliphatic rings. The fraction of sp³-hybridized carbons (Fsp3) is 0.562. The number of nitrogens with one attached hydrogen (secondary N) is 1. The minimum Gasteiger partial charge on any atom is -0.326 e. The molecule has 1 aromatic rings. The number of amides is 1. The fourth-order valence-corrected chi connectivity index (χ4v) is 2.67. The molecule has 0 saturated carbocycles. The number of benzene rings is 1.